The van der Waals surface area contributed by atoms with E-state index in [4.69, 9.17) is 18.9 Å². The predicted molar refractivity (Wildman–Crippen MR) is 87.5 cm³/mol. The Bertz CT molecular complexity index is 672. The summed E-state index contributed by atoms with van der Waals surface area (Å²) in [5, 5.41) is 3.44. The highest BCUT2D eigenvalue weighted by Gasteiger charge is 2.16. The van der Waals surface area contributed by atoms with Gasteiger partial charge in [0.2, 0.25) is 6.79 Å². The van der Waals surface area contributed by atoms with Gasteiger partial charge >= 0.3 is 0 Å². The van der Waals surface area contributed by atoms with Crippen LogP contribution < -0.4 is 24.3 Å². The molecule has 5 nitrogen and oxygen atoms in total. The van der Waals surface area contributed by atoms with Gasteiger partial charge in [-0.05, 0) is 36.7 Å². The van der Waals surface area contributed by atoms with Crippen molar-refractivity contribution < 1.29 is 18.9 Å². The highest BCUT2D eigenvalue weighted by atomic mass is 16.7. The average molecular weight is 315 g/mol. The van der Waals surface area contributed by atoms with E-state index in [2.05, 4.69) is 17.4 Å². The van der Waals surface area contributed by atoms with Gasteiger partial charge in [-0.2, -0.15) is 0 Å². The van der Waals surface area contributed by atoms with Gasteiger partial charge < -0.3 is 24.3 Å². The van der Waals surface area contributed by atoms with Crippen molar-refractivity contribution in [2.24, 2.45) is 0 Å². The monoisotopic (exact) mass is 315 g/mol. The maximum atomic E-state index is 5.51. The van der Waals surface area contributed by atoms with Gasteiger partial charge in [0, 0.05) is 12.1 Å². The zero-order valence-corrected chi connectivity index (χ0v) is 13.4. The number of rotatable bonds is 7. The van der Waals surface area contributed by atoms with Crippen LogP contribution in [0.15, 0.2) is 36.4 Å². The van der Waals surface area contributed by atoms with Crippen molar-refractivity contribution in [2.45, 2.75) is 13.0 Å². The number of hydrogen-bond donors (Lipinski definition) is 1. The van der Waals surface area contributed by atoms with Crippen LogP contribution in [0.2, 0.25) is 0 Å². The highest BCUT2D eigenvalue weighted by molar-refractivity contribution is 5.48. The zero-order chi connectivity index (χ0) is 16.1. The molecule has 0 radical (unpaired) electrons. The van der Waals surface area contributed by atoms with Gasteiger partial charge in [0.15, 0.2) is 23.0 Å². The summed E-state index contributed by atoms with van der Waals surface area (Å²) in [7, 11) is 3.29. The number of benzene rings is 2. The highest BCUT2D eigenvalue weighted by Crippen LogP contribution is 2.35. The van der Waals surface area contributed by atoms with E-state index < -0.39 is 0 Å². The molecule has 0 aromatic heterocycles. The molecular weight excluding hydrogens is 294 g/mol. The van der Waals surface area contributed by atoms with Gasteiger partial charge in [-0.3, -0.25) is 0 Å². The van der Waals surface area contributed by atoms with Crippen molar-refractivity contribution in [3.63, 3.8) is 0 Å². The molecule has 5 heteroatoms. The molecule has 0 unspecified atom stereocenters. The molecule has 0 fully saturated rings. The lowest BCUT2D eigenvalue weighted by molar-refractivity contribution is 0.173. The molecule has 1 N–H and O–H groups in total. The third kappa shape index (κ3) is 3.51. The third-order valence-corrected chi connectivity index (χ3v) is 3.83. The maximum absolute atomic E-state index is 5.51. The Kier molecular flexibility index (Phi) is 4.88. The number of para-hydroxylation sites is 1. The van der Waals surface area contributed by atoms with Crippen molar-refractivity contribution in [1.29, 1.82) is 0 Å². The molecule has 0 bridgehead atoms. The Balaban J connectivity index is 1.53. The van der Waals surface area contributed by atoms with Crippen LogP contribution in [0.4, 0.5) is 0 Å². The first-order valence-electron chi connectivity index (χ1n) is 7.61. The van der Waals surface area contributed by atoms with Gasteiger partial charge in [0.1, 0.15) is 0 Å². The number of hydrogen-bond acceptors (Lipinski definition) is 5. The first-order chi connectivity index (χ1) is 11.3. The Hall–Kier alpha value is -2.40. The van der Waals surface area contributed by atoms with E-state index in [0.717, 1.165) is 48.1 Å². The van der Waals surface area contributed by atoms with Crippen LogP contribution in [0.25, 0.3) is 0 Å². The van der Waals surface area contributed by atoms with Gasteiger partial charge in [0.05, 0.1) is 14.2 Å². The summed E-state index contributed by atoms with van der Waals surface area (Å²) in [6.07, 6.45) is 0.909. The van der Waals surface area contributed by atoms with Gasteiger partial charge in [0.25, 0.3) is 0 Å². The van der Waals surface area contributed by atoms with Gasteiger partial charge in [-0.25, -0.2) is 0 Å². The Morgan fingerprint density at radius 2 is 1.91 bits per heavy atom. The molecule has 1 aliphatic heterocycles. The summed E-state index contributed by atoms with van der Waals surface area (Å²) in [6.45, 7) is 1.91. The second-order valence-corrected chi connectivity index (χ2v) is 5.27. The molecule has 0 saturated heterocycles. The van der Waals surface area contributed by atoms with E-state index in [0.29, 0.717) is 6.79 Å². The Labute approximate surface area is 136 Å². The van der Waals surface area contributed by atoms with E-state index in [1.165, 1.54) is 5.56 Å². The molecule has 122 valence electrons. The lowest BCUT2D eigenvalue weighted by atomic mass is 10.1. The maximum Gasteiger partial charge on any atom is 0.231 e. The number of methoxy groups -OCH3 is 2. The lowest BCUT2D eigenvalue weighted by Crippen LogP contribution is -2.17. The fourth-order valence-corrected chi connectivity index (χ4v) is 2.62. The first kappa shape index (κ1) is 15.5. The van der Waals surface area contributed by atoms with E-state index in [1.807, 2.05) is 24.3 Å². The fourth-order valence-electron chi connectivity index (χ4n) is 2.62. The van der Waals surface area contributed by atoms with Crippen LogP contribution in [0, 0.1) is 0 Å². The van der Waals surface area contributed by atoms with E-state index in [9.17, 15) is 0 Å². The number of ether oxygens (including phenoxy) is 4. The second-order valence-electron chi connectivity index (χ2n) is 5.27. The smallest absolute Gasteiger partial charge is 0.231 e. The van der Waals surface area contributed by atoms with Crippen LogP contribution in [-0.4, -0.2) is 27.6 Å². The standard InChI is InChI=1S/C18H21NO4/c1-20-15-7-6-13(10-17(15)21-2)8-9-19-11-14-4-3-5-16-18(14)23-12-22-16/h3-7,10,19H,8-9,11-12H2,1-2H3. The second kappa shape index (κ2) is 7.24. The summed E-state index contributed by atoms with van der Waals surface area (Å²) in [5.74, 6) is 3.19. The first-order valence-corrected chi connectivity index (χ1v) is 7.61. The minimum atomic E-state index is 0.304. The molecule has 0 aliphatic carbocycles. The van der Waals surface area contributed by atoms with E-state index in [-0.39, 0.29) is 0 Å². The molecule has 3 rings (SSSR count). The van der Waals surface area contributed by atoms with Crippen molar-refractivity contribution in [2.75, 3.05) is 27.6 Å². The zero-order valence-electron chi connectivity index (χ0n) is 13.4. The topological polar surface area (TPSA) is 49.0 Å². The van der Waals surface area contributed by atoms with Crippen LogP contribution in [0.3, 0.4) is 0 Å². The minimum Gasteiger partial charge on any atom is -0.493 e. The number of nitrogens with one attached hydrogen (secondary N) is 1. The Morgan fingerprint density at radius 1 is 1.04 bits per heavy atom. The summed E-state index contributed by atoms with van der Waals surface area (Å²) >= 11 is 0. The summed E-state index contributed by atoms with van der Waals surface area (Å²) in [5.41, 5.74) is 2.32. The average Bonchev–Trinajstić information content (AvgIpc) is 3.08. The van der Waals surface area contributed by atoms with Crippen molar-refractivity contribution in [3.05, 3.63) is 47.5 Å². The van der Waals surface area contributed by atoms with E-state index in [1.54, 1.807) is 14.2 Å². The van der Waals surface area contributed by atoms with Crippen LogP contribution in [0.5, 0.6) is 23.0 Å². The largest absolute Gasteiger partial charge is 0.493 e. The van der Waals surface area contributed by atoms with Crippen LogP contribution >= 0.6 is 0 Å². The summed E-state index contributed by atoms with van der Waals surface area (Å²) < 4.78 is 21.5. The SMILES string of the molecule is COc1ccc(CCNCc2cccc3c2OCO3)cc1OC. The lowest BCUT2D eigenvalue weighted by Gasteiger charge is -2.10. The molecule has 2 aromatic rings. The molecule has 2 aromatic carbocycles. The van der Waals surface area contributed by atoms with Crippen LogP contribution in [-0.2, 0) is 13.0 Å². The van der Waals surface area contributed by atoms with Crippen molar-refractivity contribution in [3.8, 4) is 23.0 Å². The quantitative estimate of drug-likeness (QED) is 0.796. The van der Waals surface area contributed by atoms with Gasteiger partial charge in [-0.1, -0.05) is 18.2 Å². The van der Waals surface area contributed by atoms with Gasteiger partial charge in [-0.15, -0.1) is 0 Å². The van der Waals surface area contributed by atoms with Crippen molar-refractivity contribution >= 4 is 0 Å². The molecule has 0 amide bonds. The molecule has 0 atom stereocenters. The third-order valence-electron chi connectivity index (χ3n) is 3.83. The fraction of sp³-hybridized carbons (Fsp3) is 0.333. The predicted octanol–water partition coefficient (Wildman–Crippen LogP) is 2.76. The molecular formula is C18H21NO4. The molecule has 1 heterocycles. The molecule has 0 saturated carbocycles. The normalized spacial score (nSPS) is 12.3. The Morgan fingerprint density at radius 3 is 2.74 bits per heavy atom. The minimum absolute atomic E-state index is 0.304. The van der Waals surface area contributed by atoms with Crippen molar-refractivity contribution in [1.82, 2.24) is 5.32 Å². The van der Waals surface area contributed by atoms with E-state index >= 15 is 0 Å². The number of fused-ring (bicyclic) bond motifs is 1. The molecule has 23 heavy (non-hydrogen) atoms. The molecule has 0 spiro atoms. The van der Waals surface area contributed by atoms with Crippen LogP contribution in [0.1, 0.15) is 11.1 Å². The summed E-state index contributed by atoms with van der Waals surface area (Å²) in [4.78, 5) is 0. The summed E-state index contributed by atoms with van der Waals surface area (Å²) in [6, 6.07) is 12.0. The molecule has 1 aliphatic rings.